The molecular weight excluding hydrogens is 629 g/mol. The Hall–Kier alpha value is -4.29. The van der Waals surface area contributed by atoms with Gasteiger partial charge in [0, 0.05) is 43.2 Å². The largest absolute Gasteiger partial charge is 0.395 e. The van der Waals surface area contributed by atoms with Crippen LogP contribution in [0.15, 0.2) is 71.8 Å². The molecule has 46 heavy (non-hydrogen) atoms. The minimum Gasteiger partial charge on any atom is -0.395 e. The van der Waals surface area contributed by atoms with Crippen LogP contribution in [0.2, 0.25) is 10.0 Å². The van der Waals surface area contributed by atoms with Crippen molar-refractivity contribution in [1.29, 1.82) is 0 Å². The third-order valence-electron chi connectivity index (χ3n) is 7.21. The van der Waals surface area contributed by atoms with E-state index in [1.807, 2.05) is 49.5 Å². The minimum absolute atomic E-state index is 0.0203. The summed E-state index contributed by atoms with van der Waals surface area (Å²) < 4.78 is 1.27. The van der Waals surface area contributed by atoms with Crippen molar-refractivity contribution in [2.45, 2.75) is 32.7 Å². The molecule has 11 nitrogen and oxygen atoms in total. The second kappa shape index (κ2) is 16.9. The molecule has 0 aliphatic rings. The lowest BCUT2D eigenvalue weighted by Crippen LogP contribution is -2.29. The van der Waals surface area contributed by atoms with Gasteiger partial charge in [-0.2, -0.15) is 5.10 Å². The van der Waals surface area contributed by atoms with E-state index in [1.165, 1.54) is 23.1 Å². The number of rotatable bonds is 14. The molecule has 242 valence electrons. The van der Waals surface area contributed by atoms with Crippen LogP contribution in [0.25, 0.3) is 22.4 Å². The van der Waals surface area contributed by atoms with Gasteiger partial charge in [0.15, 0.2) is 0 Å². The van der Waals surface area contributed by atoms with E-state index in [4.69, 9.17) is 28.3 Å². The molecule has 0 aliphatic heterocycles. The van der Waals surface area contributed by atoms with Crippen molar-refractivity contribution in [3.8, 4) is 22.4 Å². The molecule has 0 aliphatic carbocycles. The highest BCUT2D eigenvalue weighted by atomic mass is 35.5. The number of anilines is 2. The maximum atomic E-state index is 13.0. The molecule has 0 spiro atoms. The lowest BCUT2D eigenvalue weighted by molar-refractivity contribution is 0.0952. The Morgan fingerprint density at radius 1 is 0.913 bits per heavy atom. The second-order valence-electron chi connectivity index (χ2n) is 10.6. The average Bonchev–Trinajstić information content (AvgIpc) is 3.05. The first kappa shape index (κ1) is 34.6. The van der Waals surface area contributed by atoms with Crippen molar-refractivity contribution in [2.75, 3.05) is 43.9 Å². The number of pyridine rings is 1. The molecule has 2 aromatic carbocycles. The Labute approximate surface area is 277 Å². The number of carbonyl (C=O) groups is 2. The number of hydrogen-bond acceptors (Lipinski definition) is 7. The fourth-order valence-electron chi connectivity index (χ4n) is 4.75. The summed E-state index contributed by atoms with van der Waals surface area (Å²) in [4.78, 5) is 44.6. The Morgan fingerprint density at radius 2 is 1.61 bits per heavy atom. The quantitative estimate of drug-likeness (QED) is 0.125. The molecule has 0 atom stereocenters. The summed E-state index contributed by atoms with van der Waals surface area (Å²) in [6.07, 6.45) is 5.55. The molecule has 0 bridgehead atoms. The van der Waals surface area contributed by atoms with Gasteiger partial charge in [-0.1, -0.05) is 60.0 Å². The highest BCUT2D eigenvalue weighted by Crippen LogP contribution is 2.29. The minimum atomic E-state index is -0.707. The van der Waals surface area contributed by atoms with Gasteiger partial charge in [-0.05, 0) is 68.8 Å². The van der Waals surface area contributed by atoms with Gasteiger partial charge in [-0.25, -0.2) is 9.48 Å². The van der Waals surface area contributed by atoms with Crippen LogP contribution in [0.3, 0.4) is 0 Å². The second-order valence-corrected chi connectivity index (χ2v) is 11.4. The van der Waals surface area contributed by atoms with Crippen LogP contribution >= 0.6 is 23.2 Å². The third-order valence-corrected chi connectivity index (χ3v) is 7.79. The predicted molar refractivity (Wildman–Crippen MR) is 183 cm³/mol. The maximum Gasteiger partial charge on any atom is 0.323 e. The summed E-state index contributed by atoms with van der Waals surface area (Å²) in [5, 5.41) is 21.9. The smallest absolute Gasteiger partial charge is 0.323 e. The van der Waals surface area contributed by atoms with Gasteiger partial charge in [0.05, 0.1) is 28.0 Å². The summed E-state index contributed by atoms with van der Waals surface area (Å²) in [5.41, 5.74) is 3.14. The van der Waals surface area contributed by atoms with Gasteiger partial charge in [-0.15, -0.1) is 0 Å². The van der Waals surface area contributed by atoms with Crippen molar-refractivity contribution in [2.24, 2.45) is 0 Å². The number of nitrogens with one attached hydrogen (secondary N) is 3. The lowest BCUT2D eigenvalue weighted by atomic mass is 9.99. The summed E-state index contributed by atoms with van der Waals surface area (Å²) in [6, 6.07) is 15.7. The molecular formula is C33H37Cl2N7O4. The zero-order chi connectivity index (χ0) is 33.1. The summed E-state index contributed by atoms with van der Waals surface area (Å²) >= 11 is 12.2. The maximum absolute atomic E-state index is 13.0. The van der Waals surface area contributed by atoms with E-state index < -0.39 is 11.6 Å². The van der Waals surface area contributed by atoms with E-state index in [0.717, 1.165) is 36.9 Å². The molecule has 2 heterocycles. The van der Waals surface area contributed by atoms with Crippen molar-refractivity contribution in [3.05, 3.63) is 93.0 Å². The molecule has 4 aromatic rings. The monoisotopic (exact) mass is 665 g/mol. The number of aliphatic hydroxyl groups is 1. The molecule has 13 heteroatoms. The van der Waals surface area contributed by atoms with Crippen LogP contribution in [-0.2, 0) is 6.54 Å². The molecule has 0 radical (unpaired) electrons. The number of halogens is 2. The van der Waals surface area contributed by atoms with E-state index >= 15 is 0 Å². The number of carbonyl (C=O) groups excluding carboxylic acids is 2. The Morgan fingerprint density at radius 3 is 2.33 bits per heavy atom. The van der Waals surface area contributed by atoms with E-state index in [9.17, 15) is 14.4 Å². The fourth-order valence-corrected chi connectivity index (χ4v) is 5.21. The van der Waals surface area contributed by atoms with Crippen molar-refractivity contribution < 1.29 is 14.7 Å². The van der Waals surface area contributed by atoms with Crippen LogP contribution in [0.4, 0.5) is 16.2 Å². The van der Waals surface area contributed by atoms with E-state index in [-0.39, 0.29) is 40.5 Å². The van der Waals surface area contributed by atoms with Gasteiger partial charge in [0.2, 0.25) is 0 Å². The van der Waals surface area contributed by atoms with E-state index in [2.05, 4.69) is 30.9 Å². The first-order valence-corrected chi connectivity index (χ1v) is 15.7. The summed E-state index contributed by atoms with van der Waals surface area (Å²) in [7, 11) is 1.98. The number of aromatic nitrogens is 3. The molecule has 0 saturated carbocycles. The molecule has 4 N–H and O–H groups in total. The zero-order valence-electron chi connectivity index (χ0n) is 25.7. The van der Waals surface area contributed by atoms with Crippen LogP contribution in [0.1, 0.15) is 36.5 Å². The lowest BCUT2D eigenvalue weighted by Gasteiger charge is -2.14. The van der Waals surface area contributed by atoms with Crippen LogP contribution in [-0.4, -0.2) is 70.0 Å². The number of amides is 3. The number of nitrogens with zero attached hydrogens (tertiary/aromatic N) is 4. The standard InChI is InChI=1S/C33H37Cl2N7O4/c1-3-42-32(45)29(38-33(46)39-30-26(34)20-36-21-27(30)35)19-28(40-42)24-11-7-9-22(17-24)23-10-8-12-25(18-23)31(44)37-13-5-4-6-14-41(2)15-16-43/h7-12,17-21,43H,3-6,13-16H2,1-2H3,(H,37,44)(H2,36,38,39,46). The normalized spacial score (nSPS) is 11.0. The van der Waals surface area contributed by atoms with Gasteiger partial charge in [-0.3, -0.25) is 14.6 Å². The number of unbranched alkanes of at least 4 members (excludes halogenated alkanes) is 2. The number of aliphatic hydroxyl groups excluding tert-OH is 1. The van der Waals surface area contributed by atoms with Crippen molar-refractivity contribution in [1.82, 2.24) is 25.0 Å². The first-order valence-electron chi connectivity index (χ1n) is 15.0. The van der Waals surface area contributed by atoms with Crippen molar-refractivity contribution in [3.63, 3.8) is 0 Å². The first-order chi connectivity index (χ1) is 22.2. The predicted octanol–water partition coefficient (Wildman–Crippen LogP) is 5.77. The molecule has 4 rings (SSSR count). The molecule has 0 fully saturated rings. The average molecular weight is 667 g/mol. The van der Waals surface area contributed by atoms with E-state index in [0.29, 0.717) is 29.9 Å². The van der Waals surface area contributed by atoms with Crippen molar-refractivity contribution >= 4 is 46.5 Å². The highest BCUT2D eigenvalue weighted by molar-refractivity contribution is 6.39. The molecule has 3 amide bonds. The zero-order valence-corrected chi connectivity index (χ0v) is 27.2. The van der Waals surface area contributed by atoms with Gasteiger partial charge >= 0.3 is 6.03 Å². The summed E-state index contributed by atoms with van der Waals surface area (Å²) in [6.45, 7) is 4.37. The number of urea groups is 1. The summed E-state index contributed by atoms with van der Waals surface area (Å²) in [5.74, 6) is -0.143. The Bertz CT molecular complexity index is 1710. The van der Waals surface area contributed by atoms with Gasteiger partial charge < -0.3 is 26.0 Å². The van der Waals surface area contributed by atoms with Gasteiger partial charge in [0.1, 0.15) is 5.69 Å². The van der Waals surface area contributed by atoms with Crippen LogP contribution < -0.4 is 21.5 Å². The number of benzene rings is 2. The van der Waals surface area contributed by atoms with E-state index in [1.54, 1.807) is 13.0 Å². The third kappa shape index (κ3) is 9.37. The number of aryl methyl sites for hydroxylation is 1. The van der Waals surface area contributed by atoms with Crippen LogP contribution in [0, 0.1) is 0 Å². The SMILES string of the molecule is CCn1nc(-c2cccc(-c3cccc(C(=O)NCCCCCN(C)CCO)c3)c2)cc(NC(=O)Nc2c(Cl)cncc2Cl)c1=O. The topological polar surface area (TPSA) is 141 Å². The Kier molecular flexibility index (Phi) is 12.7. The molecule has 0 saturated heterocycles. The highest BCUT2D eigenvalue weighted by Gasteiger charge is 2.16. The number of likely N-dealkylation sites (N-methyl/N-ethyl adjacent to an activating group) is 1. The van der Waals surface area contributed by atoms with Crippen LogP contribution in [0.5, 0.6) is 0 Å². The molecule has 0 unspecified atom stereocenters. The van der Waals surface area contributed by atoms with Gasteiger partial charge in [0.25, 0.3) is 11.5 Å². The fraction of sp³-hybridized carbons (Fsp3) is 0.303. The Balaban J connectivity index is 1.47. The molecule has 2 aromatic heterocycles. The number of hydrogen-bond donors (Lipinski definition) is 4.